The van der Waals surface area contributed by atoms with Crippen molar-refractivity contribution in [2.24, 2.45) is 11.1 Å². The second-order valence-corrected chi connectivity index (χ2v) is 3.98. The van der Waals surface area contributed by atoms with Gasteiger partial charge in [0.15, 0.2) is 0 Å². The molecule has 0 unspecified atom stereocenters. The maximum absolute atomic E-state index is 10.6. The van der Waals surface area contributed by atoms with E-state index < -0.39 is 6.09 Å². The van der Waals surface area contributed by atoms with E-state index in [1.54, 1.807) is 0 Å². The van der Waals surface area contributed by atoms with Gasteiger partial charge in [-0.05, 0) is 13.1 Å². The summed E-state index contributed by atoms with van der Waals surface area (Å²) in [4.78, 5) is 10.6. The number of rotatable bonds is 8. The summed E-state index contributed by atoms with van der Waals surface area (Å²) in [6.45, 7) is 9.87. The largest absolute Gasteiger partial charge is 0.449 e. The van der Waals surface area contributed by atoms with Gasteiger partial charge in [0.25, 0.3) is 0 Å². The molecule has 0 spiro atoms. The number of amides is 1. The van der Waals surface area contributed by atoms with Crippen LogP contribution in [-0.4, -0.2) is 38.9 Å². The number of nitrogens with two attached hydrogens (primary N) is 1. The average molecular weight is 217 g/mol. The lowest BCUT2D eigenvalue weighted by Gasteiger charge is -2.29. The highest BCUT2D eigenvalue weighted by Crippen LogP contribution is 2.14. The van der Waals surface area contributed by atoms with Gasteiger partial charge in [0.1, 0.15) is 6.61 Å². The fourth-order valence-electron chi connectivity index (χ4n) is 1.26. The normalized spacial score (nSPS) is 11.4. The van der Waals surface area contributed by atoms with E-state index in [4.69, 9.17) is 10.5 Å². The molecular weight excluding hydrogens is 194 g/mol. The van der Waals surface area contributed by atoms with Gasteiger partial charge >= 0.3 is 6.09 Å². The number of carbonyl (C=O) groups is 1. The van der Waals surface area contributed by atoms with Gasteiger partial charge in [-0.15, -0.1) is 0 Å². The number of nitrogens with one attached hydrogen (secondary N) is 2. The van der Waals surface area contributed by atoms with Gasteiger partial charge in [0.05, 0.1) is 0 Å². The van der Waals surface area contributed by atoms with E-state index in [9.17, 15) is 4.79 Å². The lowest BCUT2D eigenvalue weighted by atomic mass is 9.91. The second kappa shape index (κ2) is 7.48. The first-order valence-corrected chi connectivity index (χ1v) is 5.37. The zero-order valence-electron chi connectivity index (χ0n) is 9.93. The minimum Gasteiger partial charge on any atom is -0.449 e. The van der Waals surface area contributed by atoms with Crippen molar-refractivity contribution in [1.82, 2.24) is 10.6 Å². The molecule has 0 bridgehead atoms. The summed E-state index contributed by atoms with van der Waals surface area (Å²) in [5, 5.41) is 6.50. The molecule has 4 N–H and O–H groups in total. The quantitative estimate of drug-likeness (QED) is 0.547. The highest BCUT2D eigenvalue weighted by Gasteiger charge is 2.24. The van der Waals surface area contributed by atoms with Crippen LogP contribution in [0.15, 0.2) is 0 Å². The first kappa shape index (κ1) is 14.2. The van der Waals surface area contributed by atoms with Crippen molar-refractivity contribution in [3.8, 4) is 0 Å². The van der Waals surface area contributed by atoms with Gasteiger partial charge in [-0.1, -0.05) is 20.8 Å². The van der Waals surface area contributed by atoms with Crippen LogP contribution in [0.4, 0.5) is 4.79 Å². The molecule has 0 rings (SSSR count). The Kier molecular flexibility index (Phi) is 7.07. The highest BCUT2D eigenvalue weighted by atomic mass is 16.5. The Morgan fingerprint density at radius 3 is 2.07 bits per heavy atom. The molecule has 0 radical (unpaired) electrons. The highest BCUT2D eigenvalue weighted by molar-refractivity contribution is 5.64. The van der Waals surface area contributed by atoms with E-state index in [1.165, 1.54) is 0 Å². The van der Waals surface area contributed by atoms with Crippen molar-refractivity contribution in [2.45, 2.75) is 20.8 Å². The summed E-state index contributed by atoms with van der Waals surface area (Å²) in [6, 6.07) is 0. The average Bonchev–Trinajstić information content (AvgIpc) is 2.21. The summed E-state index contributed by atoms with van der Waals surface area (Å²) < 4.78 is 4.86. The Balaban J connectivity index is 4.06. The van der Waals surface area contributed by atoms with Crippen molar-refractivity contribution in [3.05, 3.63) is 0 Å². The minimum absolute atomic E-state index is 0.110. The molecule has 0 aliphatic heterocycles. The van der Waals surface area contributed by atoms with Crippen molar-refractivity contribution in [2.75, 3.05) is 32.8 Å². The predicted molar refractivity (Wildman–Crippen MR) is 60.7 cm³/mol. The van der Waals surface area contributed by atoms with Gasteiger partial charge in [-0.3, -0.25) is 0 Å². The molecule has 15 heavy (non-hydrogen) atoms. The van der Waals surface area contributed by atoms with Crippen LogP contribution < -0.4 is 16.4 Å². The Hall–Kier alpha value is -0.810. The van der Waals surface area contributed by atoms with Crippen LogP contribution >= 0.6 is 0 Å². The topological polar surface area (TPSA) is 76.4 Å². The smallest absolute Gasteiger partial charge is 0.404 e. The Morgan fingerprint density at radius 1 is 1.27 bits per heavy atom. The van der Waals surface area contributed by atoms with Crippen LogP contribution in [0.3, 0.4) is 0 Å². The van der Waals surface area contributed by atoms with Gasteiger partial charge < -0.3 is 21.1 Å². The summed E-state index contributed by atoms with van der Waals surface area (Å²) in [5.74, 6) is 0. The molecule has 90 valence electrons. The summed E-state index contributed by atoms with van der Waals surface area (Å²) in [7, 11) is 0. The van der Waals surface area contributed by atoms with Crippen LogP contribution in [0.5, 0.6) is 0 Å². The third-order valence-electron chi connectivity index (χ3n) is 2.17. The maximum atomic E-state index is 10.6. The Labute approximate surface area is 91.7 Å². The van der Waals surface area contributed by atoms with E-state index >= 15 is 0 Å². The van der Waals surface area contributed by atoms with E-state index in [1.807, 2.05) is 13.8 Å². The molecule has 0 aromatic carbocycles. The maximum Gasteiger partial charge on any atom is 0.404 e. The van der Waals surface area contributed by atoms with E-state index in [0.29, 0.717) is 6.61 Å². The van der Waals surface area contributed by atoms with Crippen LogP contribution in [0.25, 0.3) is 0 Å². The number of hydrogen-bond donors (Lipinski definition) is 3. The molecule has 0 atom stereocenters. The van der Waals surface area contributed by atoms with Crippen molar-refractivity contribution >= 4 is 6.09 Å². The van der Waals surface area contributed by atoms with E-state index in [2.05, 4.69) is 17.6 Å². The Morgan fingerprint density at radius 2 is 1.73 bits per heavy atom. The molecule has 0 fully saturated rings. The number of hydrogen-bond acceptors (Lipinski definition) is 4. The molecule has 5 nitrogen and oxygen atoms in total. The van der Waals surface area contributed by atoms with E-state index in [0.717, 1.165) is 26.2 Å². The lowest BCUT2D eigenvalue weighted by molar-refractivity contribution is 0.0964. The standard InChI is InChI=1S/C10H23N3O2/c1-4-12-6-10(3,7-13-5-2)8-15-9(11)14/h12-13H,4-8H2,1-3H3,(H2,11,14). The summed E-state index contributed by atoms with van der Waals surface area (Å²) in [5.41, 5.74) is 4.84. The third-order valence-corrected chi connectivity index (χ3v) is 2.17. The summed E-state index contributed by atoms with van der Waals surface area (Å²) in [6.07, 6.45) is -0.714. The molecule has 0 saturated carbocycles. The fourth-order valence-corrected chi connectivity index (χ4v) is 1.26. The molecule has 1 amide bonds. The van der Waals surface area contributed by atoms with Crippen LogP contribution in [-0.2, 0) is 4.74 Å². The first-order valence-electron chi connectivity index (χ1n) is 5.37. The molecule has 0 aliphatic carbocycles. The molecule has 0 aromatic rings. The first-order chi connectivity index (χ1) is 7.04. The van der Waals surface area contributed by atoms with Gasteiger partial charge in [0.2, 0.25) is 0 Å². The fraction of sp³-hybridized carbons (Fsp3) is 0.900. The molecule has 0 aliphatic rings. The zero-order chi connectivity index (χ0) is 11.7. The number of ether oxygens (including phenoxy) is 1. The Bertz CT molecular complexity index is 178. The van der Waals surface area contributed by atoms with Crippen molar-refractivity contribution in [1.29, 1.82) is 0 Å². The molecular formula is C10H23N3O2. The minimum atomic E-state index is -0.714. The molecule has 0 heterocycles. The molecule has 0 saturated heterocycles. The van der Waals surface area contributed by atoms with E-state index in [-0.39, 0.29) is 5.41 Å². The molecule has 5 heteroatoms. The van der Waals surface area contributed by atoms with Gasteiger partial charge in [-0.2, -0.15) is 0 Å². The third kappa shape index (κ3) is 7.16. The van der Waals surface area contributed by atoms with Gasteiger partial charge in [0, 0.05) is 18.5 Å². The SMILES string of the molecule is CCNCC(C)(CNCC)COC(N)=O. The summed E-state index contributed by atoms with van der Waals surface area (Å²) >= 11 is 0. The zero-order valence-corrected chi connectivity index (χ0v) is 9.93. The predicted octanol–water partition coefficient (Wildman–Crippen LogP) is 0.307. The monoisotopic (exact) mass is 217 g/mol. The number of carbonyl (C=O) groups excluding carboxylic acids is 1. The number of primary amides is 1. The second-order valence-electron chi connectivity index (χ2n) is 3.98. The van der Waals surface area contributed by atoms with Crippen molar-refractivity contribution in [3.63, 3.8) is 0 Å². The van der Waals surface area contributed by atoms with Crippen LogP contribution in [0.1, 0.15) is 20.8 Å². The lowest BCUT2D eigenvalue weighted by Crippen LogP contribution is -2.44. The van der Waals surface area contributed by atoms with Crippen molar-refractivity contribution < 1.29 is 9.53 Å². The van der Waals surface area contributed by atoms with Crippen LogP contribution in [0, 0.1) is 5.41 Å². The van der Waals surface area contributed by atoms with Crippen LogP contribution in [0.2, 0.25) is 0 Å². The van der Waals surface area contributed by atoms with Gasteiger partial charge in [-0.25, -0.2) is 4.79 Å². The molecule has 0 aromatic heterocycles.